The molecule has 0 unspecified atom stereocenters. The van der Waals surface area contributed by atoms with Gasteiger partial charge in [0.15, 0.2) is 0 Å². The number of para-hydroxylation sites is 1. The van der Waals surface area contributed by atoms with E-state index >= 15 is 0 Å². The summed E-state index contributed by atoms with van der Waals surface area (Å²) in [6.45, 7) is -0.221. The second-order valence-electron chi connectivity index (χ2n) is 4.77. The van der Waals surface area contributed by atoms with Crippen LogP contribution in [0.2, 0.25) is 5.02 Å². The van der Waals surface area contributed by atoms with Crippen molar-refractivity contribution < 1.29 is 14.6 Å². The predicted octanol–water partition coefficient (Wildman–Crippen LogP) is 2.64. The van der Waals surface area contributed by atoms with Crippen LogP contribution in [0.4, 0.5) is 0 Å². The Morgan fingerprint density at radius 3 is 2.83 bits per heavy atom. The maximum atomic E-state index is 12.0. The molecule has 3 aromatic rings. The third-order valence-electron chi connectivity index (χ3n) is 3.18. The van der Waals surface area contributed by atoms with E-state index in [0.717, 1.165) is 0 Å². The second kappa shape index (κ2) is 6.10. The third kappa shape index (κ3) is 3.17. The van der Waals surface area contributed by atoms with Crippen molar-refractivity contribution in [2.45, 2.75) is 6.61 Å². The number of ether oxygens (including phenoxy) is 1. The van der Waals surface area contributed by atoms with E-state index in [9.17, 15) is 14.7 Å². The summed E-state index contributed by atoms with van der Waals surface area (Å²) in [5.41, 5.74) is 0.185. The summed E-state index contributed by atoms with van der Waals surface area (Å²) in [5, 5.41) is 10.4. The number of aromatic nitrogens is 2. The number of H-pyrrole nitrogens is 1. The molecule has 0 bridgehead atoms. The zero-order valence-electron chi connectivity index (χ0n) is 11.7. The fourth-order valence-electron chi connectivity index (χ4n) is 2.09. The first-order valence-electron chi connectivity index (χ1n) is 6.68. The molecule has 23 heavy (non-hydrogen) atoms. The van der Waals surface area contributed by atoms with Crippen molar-refractivity contribution in [1.29, 1.82) is 0 Å². The van der Waals surface area contributed by atoms with Gasteiger partial charge in [-0.25, -0.2) is 9.78 Å². The second-order valence-corrected chi connectivity index (χ2v) is 5.20. The van der Waals surface area contributed by atoms with Gasteiger partial charge < -0.3 is 14.8 Å². The lowest BCUT2D eigenvalue weighted by molar-refractivity contribution is 0.0459. The molecular weight excluding hydrogens is 320 g/mol. The topological polar surface area (TPSA) is 92.3 Å². The Hall–Kier alpha value is -2.86. The fraction of sp³-hybridized carbons (Fsp3) is 0.0625. The van der Waals surface area contributed by atoms with Gasteiger partial charge in [-0.1, -0.05) is 23.7 Å². The normalized spacial score (nSPS) is 10.7. The smallest absolute Gasteiger partial charge is 0.342 e. The van der Waals surface area contributed by atoms with Crippen LogP contribution in [-0.2, 0) is 11.3 Å². The zero-order valence-corrected chi connectivity index (χ0v) is 12.5. The lowest BCUT2D eigenvalue weighted by Crippen LogP contribution is -2.14. The molecule has 0 spiro atoms. The van der Waals surface area contributed by atoms with Crippen LogP contribution in [0.3, 0.4) is 0 Å². The van der Waals surface area contributed by atoms with Gasteiger partial charge in [0.2, 0.25) is 0 Å². The van der Waals surface area contributed by atoms with Crippen molar-refractivity contribution >= 4 is 28.5 Å². The van der Waals surface area contributed by atoms with E-state index in [1.165, 1.54) is 18.2 Å². The third-order valence-corrected chi connectivity index (χ3v) is 3.42. The van der Waals surface area contributed by atoms with Gasteiger partial charge in [-0.3, -0.25) is 4.79 Å². The van der Waals surface area contributed by atoms with E-state index in [-0.39, 0.29) is 29.3 Å². The first-order valence-corrected chi connectivity index (χ1v) is 7.06. The Balaban J connectivity index is 1.80. The molecule has 2 N–H and O–H groups in total. The number of hydrogen-bond donors (Lipinski definition) is 2. The number of carbonyl (C=O) groups is 1. The number of aromatic amines is 1. The van der Waals surface area contributed by atoms with E-state index in [1.54, 1.807) is 24.3 Å². The number of aromatic hydroxyl groups is 1. The molecule has 0 fully saturated rings. The van der Waals surface area contributed by atoms with Gasteiger partial charge in [-0.05, 0) is 30.3 Å². The van der Waals surface area contributed by atoms with Crippen LogP contribution in [0, 0.1) is 0 Å². The van der Waals surface area contributed by atoms with Crippen LogP contribution in [0.1, 0.15) is 16.2 Å². The van der Waals surface area contributed by atoms with Crippen molar-refractivity contribution in [3.8, 4) is 5.75 Å². The van der Waals surface area contributed by atoms with Gasteiger partial charge in [-0.15, -0.1) is 0 Å². The predicted molar refractivity (Wildman–Crippen MR) is 84.6 cm³/mol. The molecule has 116 valence electrons. The zero-order chi connectivity index (χ0) is 16.4. The molecule has 0 atom stereocenters. The number of carbonyl (C=O) groups excluding carboxylic acids is 1. The maximum absolute atomic E-state index is 12.0. The Labute approximate surface area is 135 Å². The van der Waals surface area contributed by atoms with Crippen molar-refractivity contribution in [2.24, 2.45) is 0 Å². The minimum Gasteiger partial charge on any atom is -0.507 e. The standard InChI is InChI=1S/C16H11ClN2O4/c17-9-5-6-11(13(20)7-9)16(22)23-8-14-18-12-4-2-1-3-10(12)15(21)19-14/h1-7,20H,8H2,(H,18,19,21). The highest BCUT2D eigenvalue weighted by Gasteiger charge is 2.14. The van der Waals surface area contributed by atoms with Crippen LogP contribution in [0.15, 0.2) is 47.3 Å². The molecule has 0 amide bonds. The summed E-state index contributed by atoms with van der Waals surface area (Å²) < 4.78 is 5.06. The van der Waals surface area contributed by atoms with Gasteiger partial charge in [0, 0.05) is 5.02 Å². The number of nitrogens with zero attached hydrogens (tertiary/aromatic N) is 1. The molecule has 0 saturated carbocycles. The van der Waals surface area contributed by atoms with Gasteiger partial charge in [0.25, 0.3) is 5.56 Å². The van der Waals surface area contributed by atoms with E-state index < -0.39 is 5.97 Å². The number of phenols is 1. The highest BCUT2D eigenvalue weighted by atomic mass is 35.5. The summed E-state index contributed by atoms with van der Waals surface area (Å²) >= 11 is 5.71. The number of nitrogens with one attached hydrogen (secondary N) is 1. The number of benzene rings is 2. The van der Waals surface area contributed by atoms with E-state index in [0.29, 0.717) is 15.9 Å². The Morgan fingerprint density at radius 2 is 2.04 bits per heavy atom. The summed E-state index contributed by atoms with van der Waals surface area (Å²) in [7, 11) is 0. The van der Waals surface area contributed by atoms with Crippen molar-refractivity contribution in [2.75, 3.05) is 0 Å². The van der Waals surface area contributed by atoms with E-state index in [1.807, 2.05) is 0 Å². The van der Waals surface area contributed by atoms with Crippen LogP contribution < -0.4 is 5.56 Å². The van der Waals surface area contributed by atoms with Crippen LogP contribution in [-0.4, -0.2) is 21.0 Å². The molecule has 0 saturated heterocycles. The molecule has 1 aromatic heterocycles. The number of hydrogen-bond acceptors (Lipinski definition) is 5. The van der Waals surface area contributed by atoms with Gasteiger partial charge >= 0.3 is 5.97 Å². The molecular formula is C16H11ClN2O4. The Kier molecular flexibility index (Phi) is 3.99. The number of halogens is 1. The monoisotopic (exact) mass is 330 g/mol. The summed E-state index contributed by atoms with van der Waals surface area (Å²) in [6.07, 6.45) is 0. The minimum atomic E-state index is -0.741. The first kappa shape index (κ1) is 15.1. The molecule has 0 radical (unpaired) electrons. The first-order chi connectivity index (χ1) is 11.0. The number of rotatable bonds is 3. The van der Waals surface area contributed by atoms with Crippen molar-refractivity contribution in [3.63, 3.8) is 0 Å². The summed E-state index contributed by atoms with van der Waals surface area (Å²) in [6, 6.07) is 10.9. The SMILES string of the molecule is O=C(OCc1nc2ccccc2c(=O)[nH]1)c1ccc(Cl)cc1O. The van der Waals surface area contributed by atoms with Crippen LogP contribution in [0.25, 0.3) is 10.9 Å². The molecule has 7 heteroatoms. The Morgan fingerprint density at radius 1 is 1.26 bits per heavy atom. The average Bonchev–Trinajstić information content (AvgIpc) is 2.53. The minimum absolute atomic E-state index is 0.0162. The van der Waals surface area contributed by atoms with Crippen molar-refractivity contribution in [3.05, 3.63) is 69.2 Å². The molecule has 2 aromatic carbocycles. The molecule has 1 heterocycles. The highest BCUT2D eigenvalue weighted by molar-refractivity contribution is 6.30. The van der Waals surface area contributed by atoms with Gasteiger partial charge in [0.1, 0.15) is 23.7 Å². The average molecular weight is 331 g/mol. The highest BCUT2D eigenvalue weighted by Crippen LogP contribution is 2.22. The summed E-state index contributed by atoms with van der Waals surface area (Å²) in [4.78, 5) is 30.6. The molecule has 6 nitrogen and oxygen atoms in total. The fourth-order valence-corrected chi connectivity index (χ4v) is 2.26. The van der Waals surface area contributed by atoms with E-state index in [2.05, 4.69) is 9.97 Å². The molecule has 0 aliphatic carbocycles. The Bertz CT molecular complexity index is 952. The van der Waals surface area contributed by atoms with E-state index in [4.69, 9.17) is 16.3 Å². The lowest BCUT2D eigenvalue weighted by Gasteiger charge is -2.07. The molecule has 0 aliphatic rings. The molecule has 3 rings (SSSR count). The number of phenolic OH excluding ortho intramolecular Hbond substituents is 1. The summed E-state index contributed by atoms with van der Waals surface area (Å²) in [5.74, 6) is -0.798. The largest absolute Gasteiger partial charge is 0.507 e. The lowest BCUT2D eigenvalue weighted by atomic mass is 10.2. The maximum Gasteiger partial charge on any atom is 0.342 e. The van der Waals surface area contributed by atoms with Crippen molar-refractivity contribution in [1.82, 2.24) is 9.97 Å². The van der Waals surface area contributed by atoms with Crippen LogP contribution >= 0.6 is 11.6 Å². The quantitative estimate of drug-likeness (QED) is 0.720. The number of fused-ring (bicyclic) bond motifs is 1. The van der Waals surface area contributed by atoms with Gasteiger partial charge in [-0.2, -0.15) is 0 Å². The van der Waals surface area contributed by atoms with Crippen LogP contribution in [0.5, 0.6) is 5.75 Å². The number of esters is 1. The van der Waals surface area contributed by atoms with Gasteiger partial charge in [0.05, 0.1) is 10.9 Å². The molecule has 0 aliphatic heterocycles.